The Morgan fingerprint density at radius 1 is 1.17 bits per heavy atom. The van der Waals surface area contributed by atoms with Crippen LogP contribution in [0, 0.1) is 25.2 Å². The Morgan fingerprint density at radius 3 is 2.47 bits per heavy atom. The number of aliphatic hydroxyl groups is 1. The molecule has 3 atom stereocenters. The fourth-order valence-corrected chi connectivity index (χ4v) is 5.35. The number of carbonyl (C=O) groups is 1. The minimum atomic E-state index is -0.852. The van der Waals surface area contributed by atoms with Crippen molar-refractivity contribution in [2.24, 2.45) is 16.4 Å². The molecule has 3 unspecified atom stereocenters. The van der Waals surface area contributed by atoms with Gasteiger partial charge in [0, 0.05) is 19.1 Å². The molecular weight excluding hydrogens is 465 g/mol. The first-order valence-corrected chi connectivity index (χ1v) is 13.8. The van der Waals surface area contributed by atoms with Crippen molar-refractivity contribution in [3.8, 4) is 0 Å². The Morgan fingerprint density at radius 2 is 1.86 bits per heavy atom. The van der Waals surface area contributed by atoms with Crippen molar-refractivity contribution < 1.29 is 9.90 Å². The molecule has 2 aromatic rings. The minimum Gasteiger partial charge on any atom is -0.396 e. The van der Waals surface area contributed by atoms with Crippen LogP contribution in [0.15, 0.2) is 47.6 Å². The third-order valence-corrected chi connectivity index (χ3v) is 7.86. The topological polar surface area (TPSA) is 64.9 Å². The van der Waals surface area contributed by atoms with E-state index in [2.05, 4.69) is 98.6 Å². The summed E-state index contributed by atoms with van der Waals surface area (Å²) in [6.45, 7) is 13.2. The molecule has 1 amide bonds. The lowest BCUT2D eigenvalue weighted by Crippen LogP contribution is -2.58. The van der Waals surface area contributed by atoms with Crippen LogP contribution >= 0.6 is 9.24 Å². The molecule has 2 N–H and O–H groups in total. The van der Waals surface area contributed by atoms with Crippen molar-refractivity contribution >= 4 is 31.9 Å². The Bertz CT molecular complexity index is 1080. The van der Waals surface area contributed by atoms with Gasteiger partial charge in [0.1, 0.15) is 5.54 Å². The van der Waals surface area contributed by atoms with Gasteiger partial charge in [-0.25, -0.2) is 5.01 Å². The molecule has 0 aliphatic carbocycles. The molecule has 0 radical (unpaired) electrons. The van der Waals surface area contributed by atoms with Gasteiger partial charge >= 0.3 is 0 Å². The van der Waals surface area contributed by atoms with Crippen molar-refractivity contribution in [1.29, 1.82) is 0 Å². The van der Waals surface area contributed by atoms with E-state index in [0.717, 1.165) is 59.9 Å². The maximum absolute atomic E-state index is 14.0. The van der Waals surface area contributed by atoms with Gasteiger partial charge in [0.15, 0.2) is 0 Å². The highest BCUT2D eigenvalue weighted by Gasteiger charge is 2.53. The molecule has 6 heteroatoms. The summed E-state index contributed by atoms with van der Waals surface area (Å²) in [5.74, 6) is -0.0327. The fraction of sp³-hybridized carbons (Fsp3) is 0.533. The van der Waals surface area contributed by atoms with Gasteiger partial charge in [0.2, 0.25) is 5.91 Å². The number of hydrogen-bond donors (Lipinski definition) is 2. The van der Waals surface area contributed by atoms with E-state index in [1.165, 1.54) is 5.56 Å². The monoisotopic (exact) mass is 509 g/mol. The van der Waals surface area contributed by atoms with Crippen LogP contribution in [0.2, 0.25) is 0 Å². The lowest BCUT2D eigenvalue weighted by atomic mass is 9.76. The summed E-state index contributed by atoms with van der Waals surface area (Å²) in [7, 11) is 2.75. The Balaban J connectivity index is 2.01. The van der Waals surface area contributed by atoms with E-state index in [9.17, 15) is 9.90 Å². The Labute approximate surface area is 220 Å². The van der Waals surface area contributed by atoms with Crippen molar-refractivity contribution in [2.75, 3.05) is 18.2 Å². The van der Waals surface area contributed by atoms with Crippen LogP contribution < -0.4 is 15.6 Å². The summed E-state index contributed by atoms with van der Waals surface area (Å²) in [4.78, 5) is 14.0. The molecule has 36 heavy (non-hydrogen) atoms. The Kier molecular flexibility index (Phi) is 9.35. The summed E-state index contributed by atoms with van der Waals surface area (Å²) < 4.78 is 0. The van der Waals surface area contributed by atoms with Crippen molar-refractivity contribution in [2.45, 2.75) is 79.2 Å². The predicted molar refractivity (Wildman–Crippen MR) is 155 cm³/mol. The molecule has 0 bridgehead atoms. The number of aliphatic hydroxyl groups excluding tert-OH is 1. The number of anilines is 1. The smallest absolute Gasteiger partial charge is 0.248 e. The van der Waals surface area contributed by atoms with Crippen LogP contribution in [-0.2, 0) is 4.79 Å². The average molecular weight is 510 g/mol. The maximum atomic E-state index is 14.0. The van der Waals surface area contributed by atoms with Crippen LogP contribution in [0.5, 0.6) is 0 Å². The number of unbranched alkanes of at least 4 members (excludes halogenated alkanes) is 1. The third kappa shape index (κ3) is 6.18. The molecule has 0 aromatic heterocycles. The van der Waals surface area contributed by atoms with Gasteiger partial charge in [0.05, 0.1) is 11.4 Å². The number of amides is 1. The highest BCUT2D eigenvalue weighted by Crippen LogP contribution is 2.42. The molecule has 196 valence electrons. The van der Waals surface area contributed by atoms with E-state index >= 15 is 0 Å². The number of nitrogens with one attached hydrogen (secondary N) is 1. The van der Waals surface area contributed by atoms with Crippen LogP contribution in [0.1, 0.15) is 76.5 Å². The van der Waals surface area contributed by atoms with Gasteiger partial charge in [-0.15, -0.1) is 9.24 Å². The summed E-state index contributed by atoms with van der Waals surface area (Å²) in [5.41, 5.74) is 4.33. The van der Waals surface area contributed by atoms with Crippen LogP contribution in [0.25, 0.3) is 0 Å². The molecule has 0 spiro atoms. The highest BCUT2D eigenvalue weighted by atomic mass is 31.0. The van der Waals surface area contributed by atoms with Gasteiger partial charge < -0.3 is 10.4 Å². The number of hydrazone groups is 1. The third-order valence-electron chi connectivity index (χ3n) is 7.50. The van der Waals surface area contributed by atoms with Gasteiger partial charge in [-0.2, -0.15) is 5.10 Å². The van der Waals surface area contributed by atoms with Gasteiger partial charge in [0.25, 0.3) is 0 Å². The largest absolute Gasteiger partial charge is 0.396 e. The number of nitrogens with zero attached hydrogens (tertiary/aromatic N) is 2. The molecule has 3 rings (SSSR count). The molecule has 5 nitrogen and oxygen atoms in total. The number of benzene rings is 2. The lowest BCUT2D eigenvalue weighted by molar-refractivity contribution is -0.126. The zero-order valence-corrected chi connectivity index (χ0v) is 24.1. The summed E-state index contributed by atoms with van der Waals surface area (Å²) in [6, 6.07) is 14.7. The van der Waals surface area contributed by atoms with Gasteiger partial charge in [-0.3, -0.25) is 4.79 Å². The summed E-state index contributed by atoms with van der Waals surface area (Å²) in [5, 5.41) is 21.1. The molecule has 1 aliphatic rings. The van der Waals surface area contributed by atoms with Crippen LogP contribution in [0.3, 0.4) is 0 Å². The zero-order valence-electron chi connectivity index (χ0n) is 22.9. The van der Waals surface area contributed by atoms with E-state index in [-0.39, 0.29) is 23.8 Å². The van der Waals surface area contributed by atoms with Crippen molar-refractivity contribution in [1.82, 2.24) is 5.32 Å². The van der Waals surface area contributed by atoms with E-state index < -0.39 is 5.54 Å². The average Bonchev–Trinajstić information content (AvgIpc) is 3.14. The standard InChI is InChI=1S/C30H44N3O2P/c1-7-8-10-25-27(23-13-11-21(2)12-14-23)32-33(26-16-15-24(36)19-22(26)3)30(25,6)28(35)31-18-9-17-29(4,5)20-34/h11-16,19,25,34H,7-10,17-18,20,36H2,1-6H3,(H,31,35). The first-order valence-electron chi connectivity index (χ1n) is 13.2. The first kappa shape index (κ1) is 28.3. The van der Waals surface area contributed by atoms with Crippen molar-refractivity contribution in [3.05, 3.63) is 59.2 Å². The number of rotatable bonds is 11. The molecule has 1 heterocycles. The molecule has 0 fully saturated rings. The zero-order chi connectivity index (χ0) is 26.5. The van der Waals surface area contributed by atoms with E-state index in [1.807, 2.05) is 5.01 Å². The van der Waals surface area contributed by atoms with Crippen LogP contribution in [-0.4, -0.2) is 35.4 Å². The van der Waals surface area contributed by atoms with Crippen molar-refractivity contribution in [3.63, 3.8) is 0 Å². The summed E-state index contributed by atoms with van der Waals surface area (Å²) in [6.07, 6.45) is 4.65. The highest BCUT2D eigenvalue weighted by molar-refractivity contribution is 7.27. The lowest BCUT2D eigenvalue weighted by Gasteiger charge is -2.38. The summed E-state index contributed by atoms with van der Waals surface area (Å²) >= 11 is 0. The van der Waals surface area contributed by atoms with Gasteiger partial charge in [-0.05, 0) is 74.0 Å². The second kappa shape index (κ2) is 11.9. The quantitative estimate of drug-likeness (QED) is 0.310. The normalized spacial score (nSPS) is 19.9. The molecule has 1 aliphatic heterocycles. The predicted octanol–water partition coefficient (Wildman–Crippen LogP) is 5.51. The Hall–Kier alpha value is -2.23. The number of aryl methyl sites for hydroxylation is 2. The molecule has 2 aromatic carbocycles. The van der Waals surface area contributed by atoms with Crippen LogP contribution in [0.4, 0.5) is 5.69 Å². The van der Waals surface area contributed by atoms with Gasteiger partial charge in [-0.1, -0.05) is 69.5 Å². The SMILES string of the molecule is CCCCC1C(c2ccc(C)cc2)=NN(c2ccc(P)cc2C)C1(C)C(=O)NCCCC(C)(C)CO. The van der Waals surface area contributed by atoms with E-state index in [0.29, 0.717) is 6.54 Å². The second-order valence-corrected chi connectivity index (χ2v) is 11.9. The van der Waals surface area contributed by atoms with E-state index in [1.54, 1.807) is 0 Å². The van der Waals surface area contributed by atoms with E-state index in [4.69, 9.17) is 5.10 Å². The molecule has 0 saturated carbocycles. The second-order valence-electron chi connectivity index (χ2n) is 11.2. The molecule has 0 saturated heterocycles. The number of hydrogen-bond acceptors (Lipinski definition) is 4. The maximum Gasteiger partial charge on any atom is 0.248 e. The fourth-order valence-electron chi connectivity index (χ4n) is 5.01. The first-order chi connectivity index (χ1) is 17.0. The molecular formula is C30H44N3O2P. The number of carbonyl (C=O) groups excluding carboxylic acids is 1. The minimum absolute atomic E-state index is 0.00520.